The second kappa shape index (κ2) is 11.9. The smallest absolute Gasteiger partial charge is 0.411 e. The maximum Gasteiger partial charge on any atom is 0.411 e. The Labute approximate surface area is 144 Å². The summed E-state index contributed by atoms with van der Waals surface area (Å²) < 4.78 is 4.75. The summed E-state index contributed by atoms with van der Waals surface area (Å²) in [7, 11) is 0. The molecule has 10 nitrogen and oxygen atoms in total. The van der Waals surface area contributed by atoms with E-state index in [0.717, 1.165) is 5.82 Å². The molecule has 6 N–H and O–H groups in total. The zero-order chi connectivity index (χ0) is 19.2. The van der Waals surface area contributed by atoms with E-state index in [1.807, 2.05) is 0 Å². The van der Waals surface area contributed by atoms with Crippen LogP contribution in [0.3, 0.4) is 0 Å². The molecule has 25 heavy (non-hydrogen) atoms. The van der Waals surface area contributed by atoms with Crippen LogP contribution in [-0.2, 0) is 14.3 Å². The standard InChI is InChI=1S/C11H16N4O2.C4H4O4/c1-3-7-13-9-6-5-8(10(12)15-9)14-11(16)17-4-2;5-3(6)1-2-4(7)8/h3,5-6H,1,4,7H2,2H3,(H,14,16)(H3,12,13,15);1-2H,(H,5,6)(H,7,8)/b;2-1+. The molecule has 0 spiro atoms. The van der Waals surface area contributed by atoms with Gasteiger partial charge in [-0.15, -0.1) is 0 Å². The topological polar surface area (TPSA) is 168 Å². The van der Waals surface area contributed by atoms with Crippen LogP contribution >= 0.6 is 0 Å². The average molecular weight is 352 g/mol. The Morgan fingerprint density at radius 1 is 1.40 bits per heavy atom. The molecule has 0 aromatic carbocycles. The zero-order valence-corrected chi connectivity index (χ0v) is 13.6. The summed E-state index contributed by atoms with van der Waals surface area (Å²) >= 11 is 0. The third kappa shape index (κ3) is 10.7. The fraction of sp³-hybridized carbons (Fsp3) is 0.200. The van der Waals surface area contributed by atoms with E-state index >= 15 is 0 Å². The number of hydrogen-bond acceptors (Lipinski definition) is 7. The Kier molecular flexibility index (Phi) is 10.2. The Morgan fingerprint density at radius 2 is 2.08 bits per heavy atom. The van der Waals surface area contributed by atoms with E-state index in [0.29, 0.717) is 36.8 Å². The fourth-order valence-electron chi connectivity index (χ4n) is 1.32. The van der Waals surface area contributed by atoms with Gasteiger partial charge in [0.05, 0.1) is 19.1 Å². The maximum absolute atomic E-state index is 11.2. The summed E-state index contributed by atoms with van der Waals surface area (Å²) in [6, 6.07) is 3.45. The Balaban J connectivity index is 0.000000609. The van der Waals surface area contributed by atoms with Crippen molar-refractivity contribution in [1.82, 2.24) is 0 Å². The number of carboxylic acid groups (broad SMARTS) is 2. The number of nitrogens with one attached hydrogen (secondary N) is 3. The first-order valence-electron chi connectivity index (χ1n) is 7.02. The van der Waals surface area contributed by atoms with Crippen LogP contribution in [0.25, 0.3) is 0 Å². The number of nitrogens with two attached hydrogens (primary N) is 1. The molecule has 0 saturated heterocycles. The minimum atomic E-state index is -1.51. The maximum atomic E-state index is 11.2. The lowest BCUT2D eigenvalue weighted by molar-refractivity contribution is -0.342. The molecule has 0 unspecified atom stereocenters. The number of rotatable bonds is 7. The van der Waals surface area contributed by atoms with Crippen LogP contribution in [0, 0.1) is 0 Å². The van der Waals surface area contributed by atoms with E-state index in [1.54, 1.807) is 25.1 Å². The van der Waals surface area contributed by atoms with Crippen LogP contribution < -0.4 is 26.5 Å². The minimum Gasteiger partial charge on any atom is -0.545 e. The molecule has 10 heteroatoms. The molecular formula is C15H20N4O6. The highest BCUT2D eigenvalue weighted by molar-refractivity contribution is 5.88. The van der Waals surface area contributed by atoms with Crippen molar-refractivity contribution in [3.8, 4) is 0 Å². The number of carbonyl (C=O) groups is 3. The summed E-state index contributed by atoms with van der Waals surface area (Å²) in [5.74, 6) is -1.70. The number of carboxylic acids is 2. The molecule has 136 valence electrons. The Bertz CT molecular complexity index is 629. The summed E-state index contributed by atoms with van der Waals surface area (Å²) in [5.41, 5.74) is 6.23. The van der Waals surface area contributed by atoms with E-state index in [4.69, 9.17) is 15.6 Å². The van der Waals surface area contributed by atoms with Crippen LogP contribution in [0.1, 0.15) is 6.92 Å². The van der Waals surface area contributed by atoms with Crippen LogP contribution in [0.15, 0.2) is 36.9 Å². The van der Waals surface area contributed by atoms with Gasteiger partial charge in [0.15, 0.2) is 0 Å². The number of amides is 1. The minimum absolute atomic E-state index is 0.314. The number of aromatic nitrogens is 1. The molecule has 1 heterocycles. The average Bonchev–Trinajstić information content (AvgIpc) is 2.54. The van der Waals surface area contributed by atoms with Crippen molar-refractivity contribution in [2.24, 2.45) is 0 Å². The van der Waals surface area contributed by atoms with Gasteiger partial charge in [-0.3, -0.25) is 5.32 Å². The second-order valence-corrected chi connectivity index (χ2v) is 4.21. The predicted molar refractivity (Wildman–Crippen MR) is 88.5 cm³/mol. The van der Waals surface area contributed by atoms with Crippen LogP contribution in [0.2, 0.25) is 0 Å². The largest absolute Gasteiger partial charge is 0.545 e. The lowest BCUT2D eigenvalue weighted by Crippen LogP contribution is -2.21. The van der Waals surface area contributed by atoms with E-state index in [9.17, 15) is 19.5 Å². The summed E-state index contributed by atoms with van der Waals surface area (Å²) in [6.45, 7) is 6.27. The molecule has 0 fully saturated rings. The monoisotopic (exact) mass is 352 g/mol. The van der Waals surface area contributed by atoms with Gasteiger partial charge in [0.25, 0.3) is 0 Å². The van der Waals surface area contributed by atoms with E-state index < -0.39 is 18.0 Å². The van der Waals surface area contributed by atoms with Gasteiger partial charge in [0, 0.05) is 12.1 Å². The number of hydrogen-bond donors (Lipinski definition) is 4. The van der Waals surface area contributed by atoms with Gasteiger partial charge in [-0.1, -0.05) is 12.7 Å². The highest BCUT2D eigenvalue weighted by atomic mass is 16.5. The van der Waals surface area contributed by atoms with Crippen LogP contribution in [0.5, 0.6) is 0 Å². The number of nitrogen functional groups attached to an aromatic ring is 1. The predicted octanol–water partition coefficient (Wildman–Crippen LogP) is -0.374. The number of aliphatic carboxylic acids is 2. The number of ether oxygens (including phenoxy) is 1. The second-order valence-electron chi connectivity index (χ2n) is 4.21. The van der Waals surface area contributed by atoms with Crippen molar-refractivity contribution < 1.29 is 34.3 Å². The van der Waals surface area contributed by atoms with Crippen LogP contribution in [0.4, 0.5) is 22.1 Å². The summed E-state index contributed by atoms with van der Waals surface area (Å²) in [6.07, 6.45) is 2.14. The van der Waals surface area contributed by atoms with E-state index in [1.165, 1.54) is 0 Å². The normalized spacial score (nSPS) is 9.48. The highest BCUT2D eigenvalue weighted by Crippen LogP contribution is 2.14. The zero-order valence-electron chi connectivity index (χ0n) is 13.6. The fourth-order valence-corrected chi connectivity index (χ4v) is 1.32. The molecule has 0 saturated carbocycles. The van der Waals surface area contributed by atoms with Gasteiger partial charge in [0.2, 0.25) is 11.6 Å². The molecule has 0 atom stereocenters. The van der Waals surface area contributed by atoms with Gasteiger partial charge < -0.3 is 30.8 Å². The first-order chi connectivity index (χ1) is 11.8. The van der Waals surface area contributed by atoms with Crippen molar-refractivity contribution in [2.45, 2.75) is 6.92 Å². The van der Waals surface area contributed by atoms with E-state index in [-0.39, 0.29) is 0 Å². The molecular weight excluding hydrogens is 332 g/mol. The van der Waals surface area contributed by atoms with Crippen molar-refractivity contribution in [1.29, 1.82) is 0 Å². The van der Waals surface area contributed by atoms with Crippen molar-refractivity contribution in [3.05, 3.63) is 36.9 Å². The van der Waals surface area contributed by atoms with Crippen molar-refractivity contribution in [3.63, 3.8) is 0 Å². The number of H-pyrrole nitrogens is 1. The molecule has 1 aromatic heterocycles. The molecule has 1 amide bonds. The molecule has 1 aromatic rings. The van der Waals surface area contributed by atoms with Gasteiger partial charge in [-0.05, 0) is 19.1 Å². The lowest BCUT2D eigenvalue weighted by Gasteiger charge is -2.06. The number of carbonyl (C=O) groups excluding carboxylic acids is 2. The third-order valence-electron chi connectivity index (χ3n) is 2.29. The number of anilines is 3. The number of aromatic amines is 1. The summed E-state index contributed by atoms with van der Waals surface area (Å²) in [4.78, 5) is 33.1. The quantitative estimate of drug-likeness (QED) is 0.380. The van der Waals surface area contributed by atoms with Gasteiger partial charge in [-0.25, -0.2) is 14.6 Å². The molecule has 0 aliphatic heterocycles. The molecule has 0 aliphatic rings. The summed E-state index contributed by atoms with van der Waals surface area (Å²) in [5, 5.41) is 22.8. The van der Waals surface area contributed by atoms with Crippen molar-refractivity contribution >= 4 is 35.4 Å². The SMILES string of the molecule is C=CCNc1ccc(NC(=O)OCC)c(N)[nH+]1.O=C([O-])/C=C/C(=O)O. The molecule has 0 aliphatic carbocycles. The highest BCUT2D eigenvalue weighted by Gasteiger charge is 2.09. The van der Waals surface area contributed by atoms with Crippen LogP contribution in [-0.4, -0.2) is 36.3 Å². The molecule has 1 rings (SSSR count). The first-order valence-corrected chi connectivity index (χ1v) is 7.02. The van der Waals surface area contributed by atoms with Crippen molar-refractivity contribution in [2.75, 3.05) is 29.5 Å². The van der Waals surface area contributed by atoms with E-state index in [2.05, 4.69) is 22.2 Å². The van der Waals surface area contributed by atoms with Gasteiger partial charge in [-0.2, -0.15) is 0 Å². The first kappa shape index (κ1) is 21.4. The Morgan fingerprint density at radius 3 is 2.52 bits per heavy atom. The Hall–Kier alpha value is -3.56. The number of pyridine rings is 1. The lowest BCUT2D eigenvalue weighted by atomic mass is 10.3. The molecule has 0 bridgehead atoms. The molecule has 0 radical (unpaired) electrons. The third-order valence-corrected chi connectivity index (χ3v) is 2.29. The van der Waals surface area contributed by atoms with Gasteiger partial charge >= 0.3 is 12.1 Å². The van der Waals surface area contributed by atoms with Gasteiger partial charge in [0.1, 0.15) is 5.69 Å².